The van der Waals surface area contributed by atoms with E-state index in [2.05, 4.69) is 170 Å². The van der Waals surface area contributed by atoms with Gasteiger partial charge in [-0.15, -0.1) is 0 Å². The topological polar surface area (TPSA) is 38.1 Å². The molecule has 0 bridgehead atoms. The lowest BCUT2D eigenvalue weighted by atomic mass is 9.89. The largest absolute Gasteiger partial charge is 0.258 e. The Balaban J connectivity index is 0.990. The first-order valence-corrected chi connectivity index (χ1v) is 19.6. The number of allylic oxidation sites excluding steroid dienone is 1. The van der Waals surface area contributed by atoms with Crippen molar-refractivity contribution >= 4 is 93.6 Å². The predicted octanol–water partition coefficient (Wildman–Crippen LogP) is 14.7. The maximum absolute atomic E-state index is 5.24. The van der Waals surface area contributed by atoms with Gasteiger partial charge in [-0.2, -0.15) is 0 Å². The number of aromatic nitrogens is 2. The van der Waals surface area contributed by atoms with Gasteiger partial charge in [0, 0.05) is 51.5 Å². The minimum absolute atomic E-state index is 0.805. The molecule has 1 aliphatic heterocycles. The molecule has 0 aliphatic carbocycles. The van der Waals surface area contributed by atoms with Gasteiger partial charge in [-0.05, 0) is 95.7 Å². The van der Waals surface area contributed by atoms with Crippen LogP contribution in [0.25, 0.3) is 115 Å². The predicted molar refractivity (Wildman–Crippen MR) is 243 cm³/mol. The van der Waals surface area contributed by atoms with Crippen molar-refractivity contribution in [3.63, 3.8) is 0 Å². The molecular formula is C54H33N3. The summed E-state index contributed by atoms with van der Waals surface area (Å²) in [6, 6.07) is 59.7. The fraction of sp³-hybridized carbons (Fsp3) is 0.0185. The van der Waals surface area contributed by atoms with Crippen molar-refractivity contribution in [3.05, 3.63) is 182 Å². The number of rotatable bonds is 3. The van der Waals surface area contributed by atoms with Gasteiger partial charge in [-0.1, -0.05) is 146 Å². The van der Waals surface area contributed by atoms with Crippen molar-refractivity contribution in [1.29, 1.82) is 0 Å². The highest BCUT2D eigenvalue weighted by Gasteiger charge is 2.18. The highest BCUT2D eigenvalue weighted by molar-refractivity contribution is 6.26. The molecule has 12 rings (SSSR count). The molecule has 3 heteroatoms. The number of pyridine rings is 2. The first-order valence-electron chi connectivity index (χ1n) is 19.6. The minimum atomic E-state index is 0.805. The third-order valence-electron chi connectivity index (χ3n) is 11.9. The Hall–Kier alpha value is -7.49. The number of benzene rings is 9. The summed E-state index contributed by atoms with van der Waals surface area (Å²) in [5.41, 5.74) is 10.8. The van der Waals surface area contributed by atoms with Crippen LogP contribution >= 0.6 is 0 Å². The van der Waals surface area contributed by atoms with Crippen LogP contribution in [0.15, 0.2) is 181 Å². The maximum atomic E-state index is 5.24. The van der Waals surface area contributed by atoms with E-state index in [-0.39, 0.29) is 0 Å². The van der Waals surface area contributed by atoms with Gasteiger partial charge in [0.05, 0.1) is 22.4 Å². The molecule has 57 heavy (non-hydrogen) atoms. The molecule has 0 N–H and O–H groups in total. The van der Waals surface area contributed by atoms with E-state index in [1.807, 2.05) is 18.5 Å². The van der Waals surface area contributed by atoms with Crippen molar-refractivity contribution < 1.29 is 0 Å². The SMILES string of the molecule is C1=Cc2c(-c3ccc4c5ccc(-c6ccc(-c7nc8ccccc8c8c7ccc7ccccc78)cc6)cc5c5ccccc5c4c3)cc3cccnc3c2N=CC1. The summed E-state index contributed by atoms with van der Waals surface area (Å²) in [5.74, 6) is 0. The van der Waals surface area contributed by atoms with Crippen LogP contribution in [-0.2, 0) is 0 Å². The molecule has 0 spiro atoms. The lowest BCUT2D eigenvalue weighted by Crippen LogP contribution is -1.91. The van der Waals surface area contributed by atoms with Crippen molar-refractivity contribution in [2.45, 2.75) is 6.42 Å². The number of hydrogen-bond acceptors (Lipinski definition) is 3. The van der Waals surface area contributed by atoms with Gasteiger partial charge in [0.25, 0.3) is 0 Å². The molecule has 0 saturated heterocycles. The molecule has 0 fully saturated rings. The molecule has 2 aromatic heterocycles. The van der Waals surface area contributed by atoms with E-state index in [4.69, 9.17) is 15.0 Å². The van der Waals surface area contributed by atoms with Crippen molar-refractivity contribution in [2.24, 2.45) is 4.99 Å². The average Bonchev–Trinajstić information content (AvgIpc) is 3.55. The molecule has 9 aromatic carbocycles. The second-order valence-corrected chi connectivity index (χ2v) is 15.0. The van der Waals surface area contributed by atoms with Crippen molar-refractivity contribution in [3.8, 4) is 33.5 Å². The minimum Gasteiger partial charge on any atom is -0.258 e. The van der Waals surface area contributed by atoms with Crippen LogP contribution in [0.4, 0.5) is 5.69 Å². The number of fused-ring (bicyclic) bond motifs is 14. The zero-order chi connectivity index (χ0) is 37.5. The standard InChI is InChI=1S/C54H33N3/c1-2-12-39-34(10-1)22-27-46-51(39)45-16-5-6-17-50(45)57-52(46)35-20-18-33(19-21-35)36-23-25-42-43-26-24-37(31-49(43)41-14-4-3-13-40(41)48(42)30-36)47-32-38-11-9-29-55-53(38)54-44(47)15-7-8-28-56-54/h1-7,9-32H,8H2. The van der Waals surface area contributed by atoms with Gasteiger partial charge in [0.2, 0.25) is 0 Å². The summed E-state index contributed by atoms with van der Waals surface area (Å²) < 4.78 is 0. The summed E-state index contributed by atoms with van der Waals surface area (Å²) >= 11 is 0. The van der Waals surface area contributed by atoms with E-state index in [1.165, 1.54) is 81.5 Å². The molecule has 1 aliphatic rings. The second kappa shape index (κ2) is 12.5. The van der Waals surface area contributed by atoms with E-state index in [0.29, 0.717) is 0 Å². The Morgan fingerprint density at radius 1 is 0.439 bits per heavy atom. The van der Waals surface area contributed by atoms with Gasteiger partial charge < -0.3 is 0 Å². The molecule has 0 atom stereocenters. The summed E-state index contributed by atoms with van der Waals surface area (Å²) in [7, 11) is 0. The third kappa shape index (κ3) is 4.96. The Morgan fingerprint density at radius 3 is 1.89 bits per heavy atom. The first kappa shape index (κ1) is 31.8. The van der Waals surface area contributed by atoms with Crippen LogP contribution in [0.3, 0.4) is 0 Å². The van der Waals surface area contributed by atoms with Crippen LogP contribution in [-0.4, -0.2) is 16.2 Å². The molecule has 0 amide bonds. The Bertz CT molecular complexity index is 3500. The molecule has 0 unspecified atom stereocenters. The monoisotopic (exact) mass is 723 g/mol. The first-order chi connectivity index (χ1) is 28.3. The third-order valence-corrected chi connectivity index (χ3v) is 11.9. The van der Waals surface area contributed by atoms with E-state index in [9.17, 15) is 0 Å². The van der Waals surface area contributed by atoms with Crippen LogP contribution in [0.2, 0.25) is 0 Å². The fourth-order valence-electron chi connectivity index (χ4n) is 9.22. The van der Waals surface area contributed by atoms with E-state index in [0.717, 1.165) is 45.3 Å². The molecule has 0 radical (unpaired) electrons. The van der Waals surface area contributed by atoms with Crippen LogP contribution in [0, 0.1) is 0 Å². The summed E-state index contributed by atoms with van der Waals surface area (Å²) in [6.07, 6.45) is 9.04. The lowest BCUT2D eigenvalue weighted by Gasteiger charge is -2.16. The van der Waals surface area contributed by atoms with Crippen molar-refractivity contribution in [2.75, 3.05) is 0 Å². The molecule has 11 aromatic rings. The average molecular weight is 724 g/mol. The zero-order valence-electron chi connectivity index (χ0n) is 30.9. The molecule has 0 saturated carbocycles. The van der Waals surface area contributed by atoms with Gasteiger partial charge in [0.1, 0.15) is 0 Å². The Labute approximate surface area is 328 Å². The quantitative estimate of drug-likeness (QED) is 0.170. The Kier molecular flexibility index (Phi) is 6.99. The summed E-state index contributed by atoms with van der Waals surface area (Å²) in [6.45, 7) is 0. The number of aliphatic imine (C=N–C) groups is 1. The van der Waals surface area contributed by atoms with Gasteiger partial charge in [-0.3, -0.25) is 9.98 Å². The smallest absolute Gasteiger partial charge is 0.0966 e. The van der Waals surface area contributed by atoms with E-state index >= 15 is 0 Å². The van der Waals surface area contributed by atoms with Crippen molar-refractivity contribution in [1.82, 2.24) is 9.97 Å². The number of para-hydroxylation sites is 1. The fourth-order valence-corrected chi connectivity index (χ4v) is 9.22. The highest BCUT2D eigenvalue weighted by atomic mass is 14.8. The lowest BCUT2D eigenvalue weighted by molar-refractivity contribution is 1.39. The summed E-state index contributed by atoms with van der Waals surface area (Å²) in [5, 5.41) is 14.7. The Morgan fingerprint density at radius 2 is 1.07 bits per heavy atom. The van der Waals surface area contributed by atoms with Gasteiger partial charge >= 0.3 is 0 Å². The van der Waals surface area contributed by atoms with Crippen LogP contribution in [0.1, 0.15) is 12.0 Å². The molecular weight excluding hydrogens is 691 g/mol. The molecule has 3 heterocycles. The van der Waals surface area contributed by atoms with Gasteiger partial charge in [-0.25, -0.2) is 4.98 Å². The number of hydrogen-bond donors (Lipinski definition) is 0. The van der Waals surface area contributed by atoms with E-state index < -0.39 is 0 Å². The normalized spacial score (nSPS) is 12.7. The number of nitrogens with zero attached hydrogens (tertiary/aromatic N) is 3. The second-order valence-electron chi connectivity index (χ2n) is 15.0. The van der Waals surface area contributed by atoms with E-state index in [1.54, 1.807) is 0 Å². The molecule has 3 nitrogen and oxygen atoms in total. The molecule has 264 valence electrons. The highest BCUT2D eigenvalue weighted by Crippen LogP contribution is 2.43. The zero-order valence-corrected chi connectivity index (χ0v) is 30.9. The maximum Gasteiger partial charge on any atom is 0.0966 e. The van der Waals surface area contributed by atoms with Crippen LogP contribution in [0.5, 0.6) is 0 Å². The van der Waals surface area contributed by atoms with Gasteiger partial charge in [0.15, 0.2) is 0 Å². The summed E-state index contributed by atoms with van der Waals surface area (Å²) in [4.78, 5) is 14.8. The van der Waals surface area contributed by atoms with Crippen LogP contribution < -0.4 is 0 Å².